The number of anilines is 1. The van der Waals surface area contributed by atoms with E-state index >= 15 is 0 Å². The molecule has 1 aromatic carbocycles. The minimum atomic E-state index is -1.68. The summed E-state index contributed by atoms with van der Waals surface area (Å²) in [5, 5.41) is 18.1. The van der Waals surface area contributed by atoms with Crippen molar-refractivity contribution in [3.63, 3.8) is 0 Å². The molecule has 4 N–H and O–H groups in total. The summed E-state index contributed by atoms with van der Waals surface area (Å²) in [7, 11) is 1.40. The number of carboxylic acid groups (broad SMARTS) is 1. The van der Waals surface area contributed by atoms with Crippen molar-refractivity contribution in [1.82, 2.24) is 0 Å². The zero-order valence-electron chi connectivity index (χ0n) is 8.62. The van der Waals surface area contributed by atoms with Gasteiger partial charge in [-0.3, -0.25) is 4.90 Å². The zero-order valence-corrected chi connectivity index (χ0v) is 8.62. The first kappa shape index (κ1) is 12.0. The molecular formula is C10H12N2O4. The molecule has 0 spiro atoms. The largest absolute Gasteiger partial charge is 0.479 e. The van der Waals surface area contributed by atoms with Gasteiger partial charge in [-0.15, -0.1) is 0 Å². The summed E-state index contributed by atoms with van der Waals surface area (Å²) < 4.78 is 0. The molecule has 0 heterocycles. The van der Waals surface area contributed by atoms with E-state index in [9.17, 15) is 14.7 Å². The minimum absolute atomic E-state index is 0.122. The lowest BCUT2D eigenvalue weighted by Gasteiger charge is -2.19. The highest BCUT2D eigenvalue weighted by molar-refractivity contribution is 5.92. The number of aliphatic hydroxyl groups excluding tert-OH is 1. The Balaban J connectivity index is 3.19. The van der Waals surface area contributed by atoms with Gasteiger partial charge >= 0.3 is 12.0 Å². The summed E-state index contributed by atoms with van der Waals surface area (Å²) in [6.07, 6.45) is -1.68. The van der Waals surface area contributed by atoms with Crippen molar-refractivity contribution in [2.45, 2.75) is 6.10 Å². The van der Waals surface area contributed by atoms with Gasteiger partial charge in [0.2, 0.25) is 0 Å². The Kier molecular flexibility index (Phi) is 3.47. The van der Waals surface area contributed by atoms with Crippen LogP contribution < -0.4 is 10.6 Å². The molecule has 0 fully saturated rings. The van der Waals surface area contributed by atoms with E-state index in [1.54, 1.807) is 12.1 Å². The Morgan fingerprint density at radius 1 is 1.38 bits per heavy atom. The lowest BCUT2D eigenvalue weighted by atomic mass is 10.1. The minimum Gasteiger partial charge on any atom is -0.479 e. The third-order valence-corrected chi connectivity index (χ3v) is 2.16. The number of para-hydroxylation sites is 1. The predicted molar refractivity (Wildman–Crippen MR) is 57.0 cm³/mol. The first-order valence-corrected chi connectivity index (χ1v) is 4.48. The number of rotatable bonds is 3. The van der Waals surface area contributed by atoms with Crippen LogP contribution in [0.5, 0.6) is 0 Å². The standard InChI is InChI=1S/C10H12N2O4/c1-12(10(11)16)7-5-3-2-4-6(7)8(13)9(14)15/h2-5,8,13H,1H3,(H2,11,16)(H,14,15). The molecule has 0 saturated heterocycles. The van der Waals surface area contributed by atoms with E-state index in [4.69, 9.17) is 10.8 Å². The quantitative estimate of drug-likeness (QED) is 0.687. The fourth-order valence-corrected chi connectivity index (χ4v) is 1.28. The fourth-order valence-electron chi connectivity index (χ4n) is 1.28. The molecule has 6 heteroatoms. The van der Waals surface area contributed by atoms with Crippen LogP contribution in [0.3, 0.4) is 0 Å². The number of amides is 2. The maximum absolute atomic E-state index is 11.0. The normalized spacial score (nSPS) is 11.9. The highest BCUT2D eigenvalue weighted by Crippen LogP contribution is 2.25. The Bertz CT molecular complexity index is 380. The van der Waals surface area contributed by atoms with Crippen LogP contribution in [0.2, 0.25) is 0 Å². The Morgan fingerprint density at radius 2 is 1.94 bits per heavy atom. The number of benzene rings is 1. The number of carbonyl (C=O) groups excluding carboxylic acids is 1. The topological polar surface area (TPSA) is 104 Å². The summed E-state index contributed by atoms with van der Waals surface area (Å²) in [6, 6.07) is 5.39. The molecule has 2 amide bonds. The third kappa shape index (κ3) is 2.29. The van der Waals surface area contributed by atoms with Crippen molar-refractivity contribution in [1.29, 1.82) is 0 Å². The van der Waals surface area contributed by atoms with Crippen molar-refractivity contribution < 1.29 is 19.8 Å². The number of aliphatic carboxylic acids is 1. The van der Waals surface area contributed by atoms with Gasteiger partial charge in [0.05, 0.1) is 5.69 Å². The number of primary amides is 1. The van der Waals surface area contributed by atoms with E-state index in [1.807, 2.05) is 0 Å². The van der Waals surface area contributed by atoms with E-state index in [1.165, 1.54) is 19.2 Å². The molecule has 1 aromatic rings. The fraction of sp³-hybridized carbons (Fsp3) is 0.200. The van der Waals surface area contributed by atoms with Gasteiger partial charge in [-0.1, -0.05) is 18.2 Å². The first-order valence-electron chi connectivity index (χ1n) is 4.48. The van der Waals surface area contributed by atoms with Gasteiger partial charge in [0, 0.05) is 12.6 Å². The maximum Gasteiger partial charge on any atom is 0.337 e. The van der Waals surface area contributed by atoms with Gasteiger partial charge in [0.1, 0.15) is 0 Å². The molecule has 0 bridgehead atoms. The monoisotopic (exact) mass is 224 g/mol. The Morgan fingerprint density at radius 3 is 2.44 bits per heavy atom. The highest BCUT2D eigenvalue weighted by Gasteiger charge is 2.21. The van der Waals surface area contributed by atoms with Gasteiger partial charge in [0.25, 0.3) is 0 Å². The van der Waals surface area contributed by atoms with Gasteiger partial charge in [-0.25, -0.2) is 9.59 Å². The van der Waals surface area contributed by atoms with Gasteiger partial charge in [0.15, 0.2) is 6.10 Å². The van der Waals surface area contributed by atoms with Gasteiger partial charge in [-0.05, 0) is 6.07 Å². The Labute approximate surface area is 91.9 Å². The molecular weight excluding hydrogens is 212 g/mol. The summed E-state index contributed by atoms with van der Waals surface area (Å²) in [6.45, 7) is 0. The molecule has 1 unspecified atom stereocenters. The second-order valence-electron chi connectivity index (χ2n) is 3.20. The van der Waals surface area contributed by atoms with Gasteiger partial charge in [-0.2, -0.15) is 0 Å². The molecule has 86 valence electrons. The average Bonchev–Trinajstić information content (AvgIpc) is 2.26. The molecule has 0 aliphatic rings. The molecule has 0 radical (unpaired) electrons. The molecule has 16 heavy (non-hydrogen) atoms. The van der Waals surface area contributed by atoms with Crippen molar-refractivity contribution in [3.05, 3.63) is 29.8 Å². The summed E-state index contributed by atoms with van der Waals surface area (Å²) in [5.41, 5.74) is 5.46. The third-order valence-electron chi connectivity index (χ3n) is 2.16. The Hall–Kier alpha value is -2.08. The average molecular weight is 224 g/mol. The van der Waals surface area contributed by atoms with Crippen molar-refractivity contribution in [3.8, 4) is 0 Å². The molecule has 1 atom stereocenters. The number of nitrogens with zero attached hydrogens (tertiary/aromatic N) is 1. The summed E-state index contributed by atoms with van der Waals surface area (Å²) >= 11 is 0. The number of carbonyl (C=O) groups is 2. The smallest absolute Gasteiger partial charge is 0.337 e. The highest BCUT2D eigenvalue weighted by atomic mass is 16.4. The van der Waals surface area contributed by atoms with Crippen LogP contribution in [0.25, 0.3) is 0 Å². The van der Waals surface area contributed by atoms with Crippen LogP contribution in [0.1, 0.15) is 11.7 Å². The number of nitrogens with two attached hydrogens (primary N) is 1. The first-order chi connectivity index (χ1) is 7.45. The maximum atomic E-state index is 11.0. The lowest BCUT2D eigenvalue weighted by Crippen LogP contribution is -2.33. The van der Waals surface area contributed by atoms with Crippen molar-refractivity contribution in [2.75, 3.05) is 11.9 Å². The van der Waals surface area contributed by atoms with Crippen molar-refractivity contribution >= 4 is 17.7 Å². The summed E-state index contributed by atoms with van der Waals surface area (Å²) in [4.78, 5) is 22.7. The lowest BCUT2D eigenvalue weighted by molar-refractivity contribution is -0.146. The number of urea groups is 1. The van der Waals surface area contributed by atoms with E-state index in [-0.39, 0.29) is 11.3 Å². The van der Waals surface area contributed by atoms with Crippen LogP contribution in [0.4, 0.5) is 10.5 Å². The molecule has 0 aromatic heterocycles. The molecule has 0 aliphatic heterocycles. The van der Waals surface area contributed by atoms with E-state index in [0.29, 0.717) is 0 Å². The second-order valence-corrected chi connectivity index (χ2v) is 3.20. The molecule has 6 nitrogen and oxygen atoms in total. The molecule has 0 saturated carbocycles. The predicted octanol–water partition coefficient (Wildman–Crippen LogP) is 0.320. The molecule has 1 rings (SSSR count). The SMILES string of the molecule is CN(C(N)=O)c1ccccc1C(O)C(=O)O. The van der Waals surface area contributed by atoms with Crippen LogP contribution >= 0.6 is 0 Å². The number of hydrogen-bond acceptors (Lipinski definition) is 3. The van der Waals surface area contributed by atoms with Gasteiger partial charge < -0.3 is 15.9 Å². The molecule has 0 aliphatic carbocycles. The van der Waals surface area contributed by atoms with Crippen LogP contribution in [-0.4, -0.2) is 29.3 Å². The summed E-state index contributed by atoms with van der Waals surface area (Å²) in [5.74, 6) is -1.38. The van der Waals surface area contributed by atoms with E-state index in [2.05, 4.69) is 0 Å². The van der Waals surface area contributed by atoms with E-state index < -0.39 is 18.1 Å². The number of carboxylic acids is 1. The van der Waals surface area contributed by atoms with Crippen LogP contribution in [0.15, 0.2) is 24.3 Å². The van der Waals surface area contributed by atoms with Crippen LogP contribution in [0, 0.1) is 0 Å². The zero-order chi connectivity index (χ0) is 12.3. The second kappa shape index (κ2) is 4.63. The number of hydrogen-bond donors (Lipinski definition) is 3. The van der Waals surface area contributed by atoms with Crippen molar-refractivity contribution in [2.24, 2.45) is 5.73 Å². The van der Waals surface area contributed by atoms with E-state index in [0.717, 1.165) is 4.90 Å². The van der Waals surface area contributed by atoms with Crippen LogP contribution in [-0.2, 0) is 4.79 Å². The number of aliphatic hydroxyl groups is 1.